The van der Waals surface area contributed by atoms with Crippen molar-refractivity contribution in [1.29, 1.82) is 0 Å². The first-order valence-electron chi connectivity index (χ1n) is 5.02. The van der Waals surface area contributed by atoms with Crippen LogP contribution in [0.2, 0.25) is 5.02 Å². The number of benzene rings is 1. The molecule has 4 nitrogen and oxygen atoms in total. The molecule has 1 aromatic rings. The van der Waals surface area contributed by atoms with Crippen LogP contribution in [0.15, 0.2) is 23.1 Å². The number of halogens is 1. The number of carbonyl (C=O) groups excluding carboxylic acids is 1. The second-order valence-electron chi connectivity index (χ2n) is 4.06. The van der Waals surface area contributed by atoms with Gasteiger partial charge in [-0.05, 0) is 18.2 Å². The van der Waals surface area contributed by atoms with Crippen LogP contribution in [0.1, 0.15) is 13.8 Å². The van der Waals surface area contributed by atoms with Crippen molar-refractivity contribution in [2.45, 2.75) is 18.7 Å². The number of anilines is 1. The predicted octanol–water partition coefficient (Wildman–Crippen LogP) is 2.34. The zero-order chi connectivity index (χ0) is 13.2. The number of amides is 1. The topological polar surface area (TPSA) is 63.2 Å². The summed E-state index contributed by atoms with van der Waals surface area (Å²) in [6.45, 7) is 3.48. The minimum Gasteiger partial charge on any atom is -0.325 e. The van der Waals surface area contributed by atoms with Gasteiger partial charge < -0.3 is 5.32 Å². The van der Waals surface area contributed by atoms with Gasteiger partial charge in [-0.3, -0.25) is 4.79 Å². The third kappa shape index (κ3) is 3.71. The highest BCUT2D eigenvalue weighted by Gasteiger charge is 2.13. The molecule has 17 heavy (non-hydrogen) atoms. The summed E-state index contributed by atoms with van der Waals surface area (Å²) in [5.41, 5.74) is 0.313. The average molecular weight is 276 g/mol. The summed E-state index contributed by atoms with van der Waals surface area (Å²) in [6.07, 6.45) is 1.10. The molecule has 6 heteroatoms. The van der Waals surface area contributed by atoms with Crippen LogP contribution in [0.4, 0.5) is 5.69 Å². The maximum absolute atomic E-state index is 11.5. The molecule has 1 aromatic carbocycles. The SMILES string of the molecule is CC(C)C(=O)Nc1cc(S(C)(=O)=O)ccc1Cl. The summed E-state index contributed by atoms with van der Waals surface area (Å²) < 4.78 is 22.7. The van der Waals surface area contributed by atoms with Crippen molar-refractivity contribution in [1.82, 2.24) is 0 Å². The summed E-state index contributed by atoms with van der Waals surface area (Å²) >= 11 is 5.89. The summed E-state index contributed by atoms with van der Waals surface area (Å²) in [6, 6.07) is 4.22. The minimum absolute atomic E-state index is 0.126. The third-order valence-electron chi connectivity index (χ3n) is 2.15. The fraction of sp³-hybridized carbons (Fsp3) is 0.364. The van der Waals surface area contributed by atoms with Crippen molar-refractivity contribution in [2.75, 3.05) is 11.6 Å². The number of rotatable bonds is 3. The van der Waals surface area contributed by atoms with Crippen molar-refractivity contribution in [3.8, 4) is 0 Å². The number of carbonyl (C=O) groups is 1. The van der Waals surface area contributed by atoms with Crippen LogP contribution in [-0.4, -0.2) is 20.6 Å². The molecule has 0 unspecified atom stereocenters. The molecule has 1 amide bonds. The molecule has 0 aromatic heterocycles. The van der Waals surface area contributed by atoms with Gasteiger partial charge in [-0.1, -0.05) is 25.4 Å². The van der Waals surface area contributed by atoms with Crippen LogP contribution in [0.3, 0.4) is 0 Å². The van der Waals surface area contributed by atoms with Gasteiger partial charge in [0.15, 0.2) is 9.84 Å². The molecule has 0 heterocycles. The normalized spacial score (nSPS) is 11.6. The van der Waals surface area contributed by atoms with Gasteiger partial charge in [0.05, 0.1) is 15.6 Å². The summed E-state index contributed by atoms with van der Waals surface area (Å²) in [5.74, 6) is -0.412. The Morgan fingerprint density at radius 1 is 1.35 bits per heavy atom. The van der Waals surface area contributed by atoms with Crippen LogP contribution in [0.5, 0.6) is 0 Å². The average Bonchev–Trinajstić information content (AvgIpc) is 2.19. The molecular weight excluding hydrogens is 262 g/mol. The lowest BCUT2D eigenvalue weighted by Crippen LogP contribution is -2.18. The van der Waals surface area contributed by atoms with Crippen molar-refractivity contribution >= 4 is 33.0 Å². The number of nitrogens with one attached hydrogen (secondary N) is 1. The Morgan fingerprint density at radius 2 is 1.94 bits per heavy atom. The van der Waals surface area contributed by atoms with E-state index in [0.717, 1.165) is 6.26 Å². The highest BCUT2D eigenvalue weighted by Crippen LogP contribution is 2.25. The van der Waals surface area contributed by atoms with E-state index >= 15 is 0 Å². The smallest absolute Gasteiger partial charge is 0.226 e. The number of sulfone groups is 1. The maximum atomic E-state index is 11.5. The molecule has 0 atom stereocenters. The lowest BCUT2D eigenvalue weighted by molar-refractivity contribution is -0.118. The van der Waals surface area contributed by atoms with Crippen molar-refractivity contribution in [2.24, 2.45) is 5.92 Å². The second kappa shape index (κ2) is 5.06. The fourth-order valence-corrected chi connectivity index (χ4v) is 1.92. The molecule has 94 valence electrons. The molecule has 0 saturated heterocycles. The zero-order valence-corrected chi connectivity index (χ0v) is 11.4. The van der Waals surface area contributed by atoms with E-state index in [1.165, 1.54) is 18.2 Å². The highest BCUT2D eigenvalue weighted by molar-refractivity contribution is 7.90. The lowest BCUT2D eigenvalue weighted by atomic mass is 10.2. The molecule has 0 fully saturated rings. The Kier molecular flexibility index (Phi) is 4.16. The Hall–Kier alpha value is -1.07. The van der Waals surface area contributed by atoms with Crippen LogP contribution >= 0.6 is 11.6 Å². The van der Waals surface area contributed by atoms with Crippen LogP contribution < -0.4 is 5.32 Å². The van der Waals surface area contributed by atoms with Gasteiger partial charge in [-0.15, -0.1) is 0 Å². The molecule has 0 bridgehead atoms. The molecule has 1 N–H and O–H groups in total. The Labute approximate surface area is 106 Å². The highest BCUT2D eigenvalue weighted by atomic mass is 35.5. The van der Waals surface area contributed by atoms with Crippen molar-refractivity contribution < 1.29 is 13.2 Å². The van der Waals surface area contributed by atoms with Gasteiger partial charge in [0.25, 0.3) is 0 Å². The monoisotopic (exact) mass is 275 g/mol. The first-order valence-corrected chi connectivity index (χ1v) is 7.29. The summed E-state index contributed by atoms with van der Waals surface area (Å²) in [5, 5.41) is 2.90. The van der Waals surface area contributed by atoms with Gasteiger partial charge in [-0.25, -0.2) is 8.42 Å². The molecule has 0 aliphatic heterocycles. The molecule has 0 aliphatic carbocycles. The first kappa shape index (κ1) is 14.0. The Balaban J connectivity index is 3.12. The van der Waals surface area contributed by atoms with Gasteiger partial charge in [0.2, 0.25) is 5.91 Å². The minimum atomic E-state index is -3.31. The van der Waals surface area contributed by atoms with E-state index in [9.17, 15) is 13.2 Å². The second-order valence-corrected chi connectivity index (χ2v) is 6.48. The summed E-state index contributed by atoms with van der Waals surface area (Å²) in [4.78, 5) is 11.6. The Bertz CT molecular complexity index is 538. The van der Waals surface area contributed by atoms with Gasteiger partial charge >= 0.3 is 0 Å². The van der Waals surface area contributed by atoms with E-state index in [-0.39, 0.29) is 16.7 Å². The number of hydrogen-bond acceptors (Lipinski definition) is 3. The van der Waals surface area contributed by atoms with Crippen LogP contribution in [0.25, 0.3) is 0 Å². The quantitative estimate of drug-likeness (QED) is 0.921. The third-order valence-corrected chi connectivity index (χ3v) is 3.59. The van der Waals surface area contributed by atoms with E-state index in [0.29, 0.717) is 10.7 Å². The van der Waals surface area contributed by atoms with Crippen LogP contribution in [0, 0.1) is 5.92 Å². The molecule has 0 aliphatic rings. The predicted molar refractivity (Wildman–Crippen MR) is 68.0 cm³/mol. The first-order chi connectivity index (χ1) is 7.71. The van der Waals surface area contributed by atoms with Gasteiger partial charge in [0.1, 0.15) is 0 Å². The molecular formula is C11H14ClNO3S. The fourth-order valence-electron chi connectivity index (χ4n) is 1.11. The van der Waals surface area contributed by atoms with E-state index in [1.54, 1.807) is 13.8 Å². The lowest BCUT2D eigenvalue weighted by Gasteiger charge is -2.10. The molecule has 0 spiro atoms. The van der Waals surface area contributed by atoms with E-state index in [1.807, 2.05) is 0 Å². The number of hydrogen-bond donors (Lipinski definition) is 1. The molecule has 0 radical (unpaired) electrons. The molecule has 1 rings (SSSR count). The zero-order valence-electron chi connectivity index (χ0n) is 9.82. The van der Waals surface area contributed by atoms with E-state index in [2.05, 4.69) is 5.32 Å². The van der Waals surface area contributed by atoms with Gasteiger partial charge in [-0.2, -0.15) is 0 Å². The van der Waals surface area contributed by atoms with Crippen molar-refractivity contribution in [3.05, 3.63) is 23.2 Å². The maximum Gasteiger partial charge on any atom is 0.226 e. The largest absolute Gasteiger partial charge is 0.325 e. The standard InChI is InChI=1S/C11H14ClNO3S/c1-7(2)11(14)13-10-6-8(17(3,15)16)4-5-9(10)12/h4-7H,1-3H3,(H,13,14). The van der Waals surface area contributed by atoms with Gasteiger partial charge in [0, 0.05) is 12.2 Å². The van der Waals surface area contributed by atoms with E-state index in [4.69, 9.17) is 11.6 Å². The summed E-state index contributed by atoms with van der Waals surface area (Å²) in [7, 11) is -3.31. The molecule has 0 saturated carbocycles. The van der Waals surface area contributed by atoms with E-state index < -0.39 is 9.84 Å². The van der Waals surface area contributed by atoms with Crippen molar-refractivity contribution in [3.63, 3.8) is 0 Å². The van der Waals surface area contributed by atoms with Crippen LogP contribution in [-0.2, 0) is 14.6 Å². The Morgan fingerprint density at radius 3 is 2.41 bits per heavy atom.